The standard InChI is InChI=1S/C20H24FN3O2/c1-2-22-20(23-11-10-15-6-3-4-7-17(15)21)24-16-8-9-18-19(14-16)26-13-5-12-25-18/h3-4,6-9,14H,2,5,10-13H2,1H3,(H2,22,23,24). The molecule has 1 aliphatic heterocycles. The molecule has 0 bridgehead atoms. The van der Waals surface area contributed by atoms with E-state index in [1.807, 2.05) is 31.2 Å². The molecule has 2 aromatic rings. The van der Waals surface area contributed by atoms with Crippen molar-refractivity contribution in [2.75, 3.05) is 31.6 Å². The number of halogens is 1. The van der Waals surface area contributed by atoms with E-state index in [1.54, 1.807) is 12.1 Å². The topological polar surface area (TPSA) is 54.9 Å². The minimum absolute atomic E-state index is 0.191. The van der Waals surface area contributed by atoms with Gasteiger partial charge in [-0.05, 0) is 37.1 Å². The molecule has 26 heavy (non-hydrogen) atoms. The molecule has 0 spiro atoms. The van der Waals surface area contributed by atoms with E-state index in [4.69, 9.17) is 9.47 Å². The van der Waals surface area contributed by atoms with Gasteiger partial charge < -0.3 is 20.1 Å². The highest BCUT2D eigenvalue weighted by molar-refractivity contribution is 5.93. The van der Waals surface area contributed by atoms with Gasteiger partial charge in [0.15, 0.2) is 17.5 Å². The fraction of sp³-hybridized carbons (Fsp3) is 0.350. The van der Waals surface area contributed by atoms with Gasteiger partial charge in [0.25, 0.3) is 0 Å². The summed E-state index contributed by atoms with van der Waals surface area (Å²) in [5.74, 6) is 1.95. The summed E-state index contributed by atoms with van der Waals surface area (Å²) in [5, 5.41) is 6.46. The van der Waals surface area contributed by atoms with E-state index in [1.165, 1.54) is 6.07 Å². The monoisotopic (exact) mass is 357 g/mol. The van der Waals surface area contributed by atoms with Gasteiger partial charge in [-0.25, -0.2) is 4.39 Å². The number of nitrogens with one attached hydrogen (secondary N) is 2. The van der Waals surface area contributed by atoms with Crippen molar-refractivity contribution in [1.29, 1.82) is 0 Å². The zero-order valence-corrected chi connectivity index (χ0v) is 14.9. The fourth-order valence-corrected chi connectivity index (χ4v) is 2.67. The van der Waals surface area contributed by atoms with Crippen LogP contribution in [0.25, 0.3) is 0 Å². The average Bonchev–Trinajstić information content (AvgIpc) is 2.88. The number of benzene rings is 2. The Bertz CT molecular complexity index is 764. The van der Waals surface area contributed by atoms with Crippen LogP contribution in [0.4, 0.5) is 10.1 Å². The van der Waals surface area contributed by atoms with Crippen molar-refractivity contribution in [3.05, 3.63) is 53.8 Å². The van der Waals surface area contributed by atoms with Gasteiger partial charge >= 0.3 is 0 Å². The van der Waals surface area contributed by atoms with Gasteiger partial charge in [-0.1, -0.05) is 18.2 Å². The van der Waals surface area contributed by atoms with E-state index < -0.39 is 0 Å². The Labute approximate surface area is 153 Å². The van der Waals surface area contributed by atoms with Gasteiger partial charge in [-0.2, -0.15) is 0 Å². The number of aliphatic imine (C=N–C) groups is 1. The predicted molar refractivity (Wildman–Crippen MR) is 102 cm³/mol. The van der Waals surface area contributed by atoms with Crippen molar-refractivity contribution >= 4 is 11.6 Å². The maximum atomic E-state index is 13.7. The van der Waals surface area contributed by atoms with Gasteiger partial charge in [0, 0.05) is 31.3 Å². The Morgan fingerprint density at radius 2 is 1.92 bits per heavy atom. The maximum Gasteiger partial charge on any atom is 0.195 e. The SMILES string of the molecule is CCNC(=NCCc1ccccc1F)Nc1ccc2c(c1)OCCCO2. The lowest BCUT2D eigenvalue weighted by Crippen LogP contribution is -2.30. The van der Waals surface area contributed by atoms with Crippen molar-refractivity contribution in [2.24, 2.45) is 4.99 Å². The van der Waals surface area contributed by atoms with Gasteiger partial charge in [-0.15, -0.1) is 0 Å². The van der Waals surface area contributed by atoms with Gasteiger partial charge in [-0.3, -0.25) is 4.99 Å². The Hall–Kier alpha value is -2.76. The van der Waals surface area contributed by atoms with Crippen LogP contribution < -0.4 is 20.1 Å². The minimum Gasteiger partial charge on any atom is -0.490 e. The molecule has 5 nitrogen and oxygen atoms in total. The highest BCUT2D eigenvalue weighted by atomic mass is 19.1. The molecule has 0 atom stereocenters. The zero-order chi connectivity index (χ0) is 18.2. The fourth-order valence-electron chi connectivity index (χ4n) is 2.67. The van der Waals surface area contributed by atoms with E-state index in [0.29, 0.717) is 37.7 Å². The molecule has 1 aliphatic rings. The lowest BCUT2D eigenvalue weighted by atomic mass is 10.1. The number of hydrogen-bond donors (Lipinski definition) is 2. The highest BCUT2D eigenvalue weighted by Gasteiger charge is 2.11. The molecule has 6 heteroatoms. The van der Waals surface area contributed by atoms with Crippen LogP contribution in [0.5, 0.6) is 11.5 Å². The summed E-state index contributed by atoms with van der Waals surface area (Å²) in [6.45, 7) is 4.53. The van der Waals surface area contributed by atoms with Crippen LogP contribution in [-0.2, 0) is 6.42 Å². The molecule has 0 saturated carbocycles. The predicted octanol–water partition coefficient (Wildman–Crippen LogP) is 3.61. The molecular formula is C20H24FN3O2. The normalized spacial score (nSPS) is 13.8. The van der Waals surface area contributed by atoms with E-state index in [9.17, 15) is 4.39 Å². The quantitative estimate of drug-likeness (QED) is 0.634. The molecule has 0 amide bonds. The third kappa shape index (κ3) is 4.88. The molecule has 0 fully saturated rings. The van der Waals surface area contributed by atoms with E-state index in [-0.39, 0.29) is 5.82 Å². The Morgan fingerprint density at radius 1 is 1.12 bits per heavy atom. The van der Waals surface area contributed by atoms with E-state index >= 15 is 0 Å². The van der Waals surface area contributed by atoms with Crippen LogP contribution >= 0.6 is 0 Å². The molecule has 3 rings (SSSR count). The summed E-state index contributed by atoms with van der Waals surface area (Å²) in [5.41, 5.74) is 1.53. The largest absolute Gasteiger partial charge is 0.490 e. The molecule has 0 aromatic heterocycles. The van der Waals surface area contributed by atoms with Crippen LogP contribution in [0, 0.1) is 5.82 Å². The third-order valence-corrected chi connectivity index (χ3v) is 3.96. The Kier molecular flexibility index (Phi) is 6.30. The minimum atomic E-state index is -0.191. The maximum absolute atomic E-state index is 13.7. The molecule has 0 radical (unpaired) electrons. The van der Waals surface area contributed by atoms with Crippen LogP contribution in [-0.4, -0.2) is 32.3 Å². The van der Waals surface area contributed by atoms with Gasteiger partial charge in [0.1, 0.15) is 5.82 Å². The average molecular weight is 357 g/mol. The summed E-state index contributed by atoms with van der Waals surface area (Å²) >= 11 is 0. The first kappa shape index (κ1) is 18.0. The first-order valence-corrected chi connectivity index (χ1v) is 8.94. The molecule has 0 aliphatic carbocycles. The molecule has 0 saturated heterocycles. The van der Waals surface area contributed by atoms with Crippen molar-refractivity contribution < 1.29 is 13.9 Å². The van der Waals surface area contributed by atoms with E-state index in [2.05, 4.69) is 15.6 Å². The van der Waals surface area contributed by atoms with Crippen molar-refractivity contribution in [3.8, 4) is 11.5 Å². The number of ether oxygens (including phenoxy) is 2. The third-order valence-electron chi connectivity index (χ3n) is 3.96. The van der Waals surface area contributed by atoms with Crippen LogP contribution in [0.2, 0.25) is 0 Å². The van der Waals surface area contributed by atoms with Gasteiger partial charge in [0.2, 0.25) is 0 Å². The van der Waals surface area contributed by atoms with Gasteiger partial charge in [0.05, 0.1) is 13.2 Å². The number of hydrogen-bond acceptors (Lipinski definition) is 3. The summed E-state index contributed by atoms with van der Waals surface area (Å²) < 4.78 is 25.1. The second kappa shape index (κ2) is 9.08. The number of fused-ring (bicyclic) bond motifs is 1. The smallest absolute Gasteiger partial charge is 0.195 e. The second-order valence-corrected chi connectivity index (χ2v) is 5.94. The lowest BCUT2D eigenvalue weighted by Gasteiger charge is -2.13. The molecule has 2 aromatic carbocycles. The Morgan fingerprint density at radius 3 is 2.73 bits per heavy atom. The number of nitrogens with zero attached hydrogens (tertiary/aromatic N) is 1. The summed E-state index contributed by atoms with van der Waals surface area (Å²) in [4.78, 5) is 4.53. The van der Waals surface area contributed by atoms with Crippen molar-refractivity contribution in [3.63, 3.8) is 0 Å². The summed E-state index contributed by atoms with van der Waals surface area (Å²) in [7, 11) is 0. The number of rotatable bonds is 5. The molecular weight excluding hydrogens is 333 g/mol. The van der Waals surface area contributed by atoms with Crippen LogP contribution in [0.1, 0.15) is 18.9 Å². The first-order chi connectivity index (χ1) is 12.8. The molecule has 138 valence electrons. The molecule has 1 heterocycles. The first-order valence-electron chi connectivity index (χ1n) is 8.94. The van der Waals surface area contributed by atoms with Crippen molar-refractivity contribution in [1.82, 2.24) is 5.32 Å². The Balaban J connectivity index is 1.66. The van der Waals surface area contributed by atoms with Crippen LogP contribution in [0.3, 0.4) is 0 Å². The molecule has 0 unspecified atom stereocenters. The number of guanidine groups is 1. The van der Waals surface area contributed by atoms with Crippen LogP contribution in [0.15, 0.2) is 47.5 Å². The zero-order valence-electron chi connectivity index (χ0n) is 14.9. The molecule has 2 N–H and O–H groups in total. The van der Waals surface area contributed by atoms with Crippen molar-refractivity contribution in [2.45, 2.75) is 19.8 Å². The lowest BCUT2D eigenvalue weighted by molar-refractivity contribution is 0.297. The number of anilines is 1. The highest BCUT2D eigenvalue weighted by Crippen LogP contribution is 2.32. The second-order valence-electron chi connectivity index (χ2n) is 5.94. The summed E-state index contributed by atoms with van der Waals surface area (Å²) in [6, 6.07) is 12.5. The van der Waals surface area contributed by atoms with E-state index in [0.717, 1.165) is 30.2 Å². The summed E-state index contributed by atoms with van der Waals surface area (Å²) in [6.07, 6.45) is 1.42.